The minimum atomic E-state index is -0.381. The highest BCUT2D eigenvalue weighted by Gasteiger charge is 2.25. The van der Waals surface area contributed by atoms with E-state index in [0.717, 1.165) is 31.1 Å². The van der Waals surface area contributed by atoms with Gasteiger partial charge in [0.1, 0.15) is 5.82 Å². The number of ether oxygens (including phenoxy) is 1. The standard InChI is InChI=1S/C16H26N4O2S/c1-3-22-15-6-4-5-14(18-15)19-8-10-20(11-9-19)16(21)13(17)7-12-23-2/h4-6,13H,3,7-12,17H2,1-2H3. The quantitative estimate of drug-likeness (QED) is 0.806. The van der Waals surface area contributed by atoms with E-state index in [1.54, 1.807) is 11.8 Å². The van der Waals surface area contributed by atoms with Crippen molar-refractivity contribution in [2.45, 2.75) is 19.4 Å². The minimum absolute atomic E-state index is 0.0646. The Kier molecular flexibility index (Phi) is 6.98. The molecule has 0 aromatic carbocycles. The van der Waals surface area contributed by atoms with Gasteiger partial charge in [-0.3, -0.25) is 4.79 Å². The number of pyridine rings is 1. The molecule has 0 saturated carbocycles. The molecule has 7 heteroatoms. The molecule has 1 aromatic rings. The fourth-order valence-electron chi connectivity index (χ4n) is 2.57. The number of rotatable bonds is 7. The molecule has 1 aromatic heterocycles. The van der Waals surface area contributed by atoms with E-state index >= 15 is 0 Å². The molecule has 1 saturated heterocycles. The number of carbonyl (C=O) groups is 1. The maximum Gasteiger partial charge on any atom is 0.239 e. The molecule has 1 amide bonds. The first kappa shape index (κ1) is 17.9. The first-order valence-corrected chi connectivity index (χ1v) is 9.43. The van der Waals surface area contributed by atoms with Crippen LogP contribution >= 0.6 is 11.8 Å². The molecule has 0 radical (unpaired) electrons. The number of aromatic nitrogens is 1. The van der Waals surface area contributed by atoms with Gasteiger partial charge in [-0.25, -0.2) is 0 Å². The van der Waals surface area contributed by atoms with Crippen LogP contribution in [0, 0.1) is 0 Å². The Hall–Kier alpha value is -1.47. The fraction of sp³-hybridized carbons (Fsp3) is 0.625. The van der Waals surface area contributed by atoms with Gasteiger partial charge in [0.15, 0.2) is 0 Å². The second kappa shape index (κ2) is 8.98. The van der Waals surface area contributed by atoms with Gasteiger partial charge < -0.3 is 20.3 Å². The molecule has 0 aliphatic carbocycles. The lowest BCUT2D eigenvalue weighted by atomic mass is 10.2. The van der Waals surface area contributed by atoms with E-state index in [-0.39, 0.29) is 11.9 Å². The largest absolute Gasteiger partial charge is 0.478 e. The fourth-order valence-corrected chi connectivity index (χ4v) is 3.06. The molecule has 0 spiro atoms. The van der Waals surface area contributed by atoms with Crippen LogP contribution < -0.4 is 15.4 Å². The van der Waals surface area contributed by atoms with Gasteiger partial charge in [0.25, 0.3) is 0 Å². The molecule has 0 bridgehead atoms. The van der Waals surface area contributed by atoms with Crippen molar-refractivity contribution in [1.82, 2.24) is 9.88 Å². The van der Waals surface area contributed by atoms with Crippen LogP contribution in [0.4, 0.5) is 5.82 Å². The van der Waals surface area contributed by atoms with Crippen molar-refractivity contribution < 1.29 is 9.53 Å². The van der Waals surface area contributed by atoms with Gasteiger partial charge in [-0.2, -0.15) is 16.7 Å². The zero-order valence-electron chi connectivity index (χ0n) is 13.9. The second-order valence-electron chi connectivity index (χ2n) is 5.47. The van der Waals surface area contributed by atoms with Crippen molar-refractivity contribution in [1.29, 1.82) is 0 Å². The Morgan fingerprint density at radius 3 is 2.78 bits per heavy atom. The third kappa shape index (κ3) is 5.00. The molecule has 1 aliphatic heterocycles. The first-order valence-electron chi connectivity index (χ1n) is 8.03. The van der Waals surface area contributed by atoms with E-state index in [0.29, 0.717) is 25.6 Å². The number of carbonyl (C=O) groups excluding carboxylic acids is 1. The number of hydrogen-bond donors (Lipinski definition) is 1. The van der Waals surface area contributed by atoms with Crippen molar-refractivity contribution in [2.75, 3.05) is 49.7 Å². The van der Waals surface area contributed by atoms with Gasteiger partial charge in [0.05, 0.1) is 12.6 Å². The van der Waals surface area contributed by atoms with E-state index in [1.807, 2.05) is 36.3 Å². The number of nitrogens with two attached hydrogens (primary N) is 1. The predicted molar refractivity (Wildman–Crippen MR) is 95.2 cm³/mol. The van der Waals surface area contributed by atoms with Crippen molar-refractivity contribution >= 4 is 23.5 Å². The lowest BCUT2D eigenvalue weighted by Crippen LogP contribution is -2.53. The van der Waals surface area contributed by atoms with Gasteiger partial charge in [0, 0.05) is 32.2 Å². The molecule has 2 rings (SSSR count). The average Bonchev–Trinajstić information content (AvgIpc) is 2.59. The number of amides is 1. The Morgan fingerprint density at radius 1 is 1.39 bits per heavy atom. The number of nitrogens with zero attached hydrogens (tertiary/aromatic N) is 3. The van der Waals surface area contributed by atoms with Crippen LogP contribution in [-0.2, 0) is 4.79 Å². The highest BCUT2D eigenvalue weighted by molar-refractivity contribution is 7.98. The van der Waals surface area contributed by atoms with Crippen molar-refractivity contribution in [3.63, 3.8) is 0 Å². The molecular formula is C16H26N4O2S. The second-order valence-corrected chi connectivity index (χ2v) is 6.45. The maximum atomic E-state index is 12.3. The average molecular weight is 338 g/mol. The molecule has 1 fully saturated rings. The smallest absolute Gasteiger partial charge is 0.239 e. The van der Waals surface area contributed by atoms with Gasteiger partial charge in [-0.05, 0) is 31.4 Å². The van der Waals surface area contributed by atoms with Crippen LogP contribution in [0.3, 0.4) is 0 Å². The topological polar surface area (TPSA) is 71.7 Å². The van der Waals surface area contributed by atoms with Gasteiger partial charge in [-0.1, -0.05) is 6.07 Å². The summed E-state index contributed by atoms with van der Waals surface area (Å²) in [4.78, 5) is 20.9. The number of piperazine rings is 1. The summed E-state index contributed by atoms with van der Waals surface area (Å²) in [6.45, 7) is 5.46. The van der Waals surface area contributed by atoms with Crippen LogP contribution in [0.1, 0.15) is 13.3 Å². The third-order valence-electron chi connectivity index (χ3n) is 3.87. The van der Waals surface area contributed by atoms with Gasteiger partial charge >= 0.3 is 0 Å². The van der Waals surface area contributed by atoms with E-state index in [2.05, 4.69) is 9.88 Å². The van der Waals surface area contributed by atoms with E-state index in [9.17, 15) is 4.79 Å². The summed E-state index contributed by atoms with van der Waals surface area (Å²) in [5.74, 6) is 2.52. The molecule has 1 aliphatic rings. The Morgan fingerprint density at radius 2 is 2.13 bits per heavy atom. The highest BCUT2D eigenvalue weighted by atomic mass is 32.2. The predicted octanol–water partition coefficient (Wildman–Crippen LogP) is 1.21. The van der Waals surface area contributed by atoms with Crippen molar-refractivity contribution in [3.05, 3.63) is 18.2 Å². The summed E-state index contributed by atoms with van der Waals surface area (Å²) < 4.78 is 5.44. The van der Waals surface area contributed by atoms with Crippen LogP contribution in [0.15, 0.2) is 18.2 Å². The highest BCUT2D eigenvalue weighted by Crippen LogP contribution is 2.18. The molecule has 2 N–H and O–H groups in total. The Bertz CT molecular complexity index is 507. The Labute approximate surface area is 142 Å². The van der Waals surface area contributed by atoms with E-state index < -0.39 is 0 Å². The molecule has 23 heavy (non-hydrogen) atoms. The number of anilines is 1. The third-order valence-corrected chi connectivity index (χ3v) is 4.51. The number of hydrogen-bond acceptors (Lipinski definition) is 6. The molecule has 6 nitrogen and oxygen atoms in total. The first-order chi connectivity index (χ1) is 11.2. The van der Waals surface area contributed by atoms with Crippen molar-refractivity contribution in [2.24, 2.45) is 5.73 Å². The van der Waals surface area contributed by atoms with Gasteiger partial charge in [-0.15, -0.1) is 0 Å². The molecule has 2 heterocycles. The van der Waals surface area contributed by atoms with Crippen molar-refractivity contribution in [3.8, 4) is 5.88 Å². The lowest BCUT2D eigenvalue weighted by molar-refractivity contribution is -0.132. The summed E-state index contributed by atoms with van der Waals surface area (Å²) in [6, 6.07) is 5.40. The zero-order chi connectivity index (χ0) is 16.7. The summed E-state index contributed by atoms with van der Waals surface area (Å²) in [5, 5.41) is 0. The van der Waals surface area contributed by atoms with E-state index in [4.69, 9.17) is 10.5 Å². The Balaban J connectivity index is 1.88. The summed E-state index contributed by atoms with van der Waals surface area (Å²) >= 11 is 1.72. The minimum Gasteiger partial charge on any atom is -0.478 e. The zero-order valence-corrected chi connectivity index (χ0v) is 14.7. The monoisotopic (exact) mass is 338 g/mol. The molecular weight excluding hydrogens is 312 g/mol. The van der Waals surface area contributed by atoms with Crippen LogP contribution in [0.5, 0.6) is 5.88 Å². The normalized spacial score (nSPS) is 16.3. The van der Waals surface area contributed by atoms with E-state index in [1.165, 1.54) is 0 Å². The maximum absolute atomic E-state index is 12.3. The molecule has 1 atom stereocenters. The molecule has 128 valence electrons. The van der Waals surface area contributed by atoms with Crippen LogP contribution in [0.2, 0.25) is 0 Å². The van der Waals surface area contributed by atoms with Gasteiger partial charge in [0.2, 0.25) is 11.8 Å². The summed E-state index contributed by atoms with van der Waals surface area (Å²) in [7, 11) is 0. The lowest BCUT2D eigenvalue weighted by Gasteiger charge is -2.36. The molecule has 1 unspecified atom stereocenters. The summed E-state index contributed by atoms with van der Waals surface area (Å²) in [6.07, 6.45) is 2.76. The van der Waals surface area contributed by atoms with Crippen LogP contribution in [0.25, 0.3) is 0 Å². The SMILES string of the molecule is CCOc1cccc(N2CCN(C(=O)C(N)CCSC)CC2)n1. The number of thioether (sulfide) groups is 1. The summed E-state index contributed by atoms with van der Waals surface area (Å²) in [5.41, 5.74) is 5.99. The van der Waals surface area contributed by atoms with Crippen LogP contribution in [-0.4, -0.2) is 66.6 Å².